The van der Waals surface area contributed by atoms with Crippen molar-refractivity contribution in [2.45, 2.75) is 63.5 Å². The van der Waals surface area contributed by atoms with E-state index in [-0.39, 0.29) is 12.3 Å². The van der Waals surface area contributed by atoms with Crippen molar-refractivity contribution in [2.24, 2.45) is 11.8 Å². The van der Waals surface area contributed by atoms with Crippen molar-refractivity contribution in [3.8, 4) is 11.1 Å². The fraction of sp³-hybridized carbons (Fsp3) is 0.484. The zero-order valence-corrected chi connectivity index (χ0v) is 22.9. The molecule has 2 aliphatic carbocycles. The summed E-state index contributed by atoms with van der Waals surface area (Å²) in [6.07, 6.45) is 8.04. The molecule has 0 bridgehead atoms. The van der Waals surface area contributed by atoms with E-state index in [1.807, 2.05) is 24.3 Å². The van der Waals surface area contributed by atoms with E-state index in [9.17, 15) is 29.4 Å². The van der Waals surface area contributed by atoms with Crippen molar-refractivity contribution in [1.29, 1.82) is 0 Å². The van der Waals surface area contributed by atoms with Crippen LogP contribution in [0.5, 0.6) is 0 Å². The van der Waals surface area contributed by atoms with Gasteiger partial charge >= 0.3 is 0 Å². The van der Waals surface area contributed by atoms with E-state index in [1.165, 1.54) is 32.1 Å². The van der Waals surface area contributed by atoms with Crippen LogP contribution < -0.4 is 16.0 Å². The Bertz CT molecular complexity index is 1190. The first kappa shape index (κ1) is 29.4. The normalized spacial score (nSPS) is 19.8. The van der Waals surface area contributed by atoms with Crippen molar-refractivity contribution in [2.75, 3.05) is 19.7 Å². The van der Waals surface area contributed by atoms with Crippen LogP contribution in [-0.4, -0.2) is 59.5 Å². The monoisotopic (exact) mass is 549 g/mol. The maximum atomic E-state index is 13.1. The average molecular weight is 550 g/mol. The van der Waals surface area contributed by atoms with E-state index in [2.05, 4.69) is 22.9 Å². The van der Waals surface area contributed by atoms with E-state index < -0.39 is 48.3 Å². The van der Waals surface area contributed by atoms with Gasteiger partial charge in [-0.2, -0.15) is 0 Å². The second-order valence-corrected chi connectivity index (χ2v) is 11.0. The molecule has 1 heterocycles. The first-order chi connectivity index (χ1) is 19.3. The first-order valence-electron chi connectivity index (χ1n) is 14.2. The van der Waals surface area contributed by atoms with E-state index in [4.69, 9.17) is 0 Å². The fourth-order valence-corrected chi connectivity index (χ4v) is 5.83. The molecule has 1 aliphatic heterocycles. The fourth-order valence-electron chi connectivity index (χ4n) is 5.83. The van der Waals surface area contributed by atoms with Crippen LogP contribution in [-0.2, 0) is 24.8 Å². The molecule has 9 nitrogen and oxygen atoms in total. The molecule has 1 saturated heterocycles. The molecule has 2 atom stereocenters. The lowest BCUT2D eigenvalue weighted by atomic mass is 9.90. The Hall–Kier alpha value is -3.56. The quantitative estimate of drug-likeness (QED) is 0.341. The minimum absolute atomic E-state index is 0.0651. The predicted molar refractivity (Wildman–Crippen MR) is 150 cm³/mol. The molecule has 2 aromatic rings. The number of aliphatic hydroxyl groups excluding tert-OH is 1. The largest absolute Gasteiger partial charge is 0.389 e. The Labute approximate surface area is 234 Å². The number of aliphatic hydroxyl groups is 2. The van der Waals surface area contributed by atoms with Crippen molar-refractivity contribution >= 4 is 23.5 Å². The highest BCUT2D eigenvalue weighted by atomic mass is 16.3. The van der Waals surface area contributed by atoms with Crippen LogP contribution in [0.4, 0.5) is 0 Å². The molecule has 0 radical (unpaired) electrons. The molecule has 3 aliphatic rings. The second-order valence-electron chi connectivity index (χ2n) is 11.0. The van der Waals surface area contributed by atoms with Crippen molar-refractivity contribution < 1.29 is 29.4 Å². The van der Waals surface area contributed by atoms with Gasteiger partial charge in [-0.1, -0.05) is 87.6 Å². The number of Topliss-reactive ketones (excluding diaryl/α,β-unsaturated/α-hetero) is 1. The van der Waals surface area contributed by atoms with Crippen molar-refractivity contribution in [3.05, 3.63) is 59.7 Å². The van der Waals surface area contributed by atoms with Gasteiger partial charge in [0.05, 0.1) is 12.6 Å². The minimum Gasteiger partial charge on any atom is -0.389 e. The molecule has 1 saturated carbocycles. The van der Waals surface area contributed by atoms with E-state index in [1.54, 1.807) is 24.3 Å². The van der Waals surface area contributed by atoms with Gasteiger partial charge in [0.15, 0.2) is 11.4 Å². The number of fused-ring (bicyclic) bond motifs is 3. The number of nitrogens with one attached hydrogen (secondary N) is 3. The van der Waals surface area contributed by atoms with Crippen LogP contribution in [0.1, 0.15) is 63.0 Å². The SMILES string of the molecule is CC1CCCCC1.O=C(CNC(=O)C1(O)c2ccccc2-c2ccccc21)NC(CC1CCNC1=O)C(=O)CO. The van der Waals surface area contributed by atoms with E-state index >= 15 is 0 Å². The zero-order chi connectivity index (χ0) is 28.7. The van der Waals surface area contributed by atoms with Crippen molar-refractivity contribution in [1.82, 2.24) is 16.0 Å². The highest BCUT2D eigenvalue weighted by molar-refractivity contribution is 6.00. The maximum Gasteiger partial charge on any atom is 0.261 e. The van der Waals surface area contributed by atoms with Crippen LogP contribution in [0.25, 0.3) is 11.1 Å². The molecule has 2 fully saturated rings. The molecule has 40 heavy (non-hydrogen) atoms. The predicted octanol–water partition coefficient (Wildman–Crippen LogP) is 2.18. The Kier molecular flexibility index (Phi) is 9.71. The summed E-state index contributed by atoms with van der Waals surface area (Å²) in [5, 5.41) is 28.3. The number of amides is 3. The van der Waals surface area contributed by atoms with Crippen LogP contribution in [0.15, 0.2) is 48.5 Å². The zero-order valence-electron chi connectivity index (χ0n) is 22.9. The Morgan fingerprint density at radius 3 is 2.08 bits per heavy atom. The topological polar surface area (TPSA) is 145 Å². The molecule has 214 valence electrons. The molecular formula is C31H39N3O6. The number of ketones is 1. The molecule has 5 rings (SSSR count). The third kappa shape index (κ3) is 6.42. The number of benzene rings is 2. The van der Waals surface area contributed by atoms with Gasteiger partial charge in [-0.15, -0.1) is 0 Å². The molecule has 3 amide bonds. The standard InChI is InChI=1S/C24H25N3O6.C7H14/c28-13-20(29)19(11-14-9-10-25-22(14)31)27-21(30)12-26-23(32)24(33)17-7-3-1-5-15(17)16-6-2-4-8-18(16)24;1-7-5-3-2-4-6-7/h1-8,14,19,28,33H,9-13H2,(H,25,31)(H,26,32)(H,27,30);7H,2-6H2,1H3. The first-order valence-corrected chi connectivity index (χ1v) is 14.2. The maximum absolute atomic E-state index is 13.1. The lowest BCUT2D eigenvalue weighted by Crippen LogP contribution is -2.50. The summed E-state index contributed by atoms with van der Waals surface area (Å²) in [5.74, 6) is -1.66. The van der Waals surface area contributed by atoms with Gasteiger partial charge < -0.3 is 26.2 Å². The lowest BCUT2D eigenvalue weighted by molar-refractivity contribution is -0.138. The van der Waals surface area contributed by atoms with E-state index in [0.29, 0.717) is 24.1 Å². The number of rotatable bonds is 8. The summed E-state index contributed by atoms with van der Waals surface area (Å²) in [7, 11) is 0. The number of hydrogen-bond acceptors (Lipinski definition) is 6. The summed E-state index contributed by atoms with van der Waals surface area (Å²) in [6, 6.07) is 13.0. The average Bonchev–Trinajstić information content (AvgIpc) is 3.50. The Balaban J connectivity index is 0.000000461. The number of carbonyl (C=O) groups excluding carboxylic acids is 4. The summed E-state index contributed by atoms with van der Waals surface area (Å²) in [6.45, 7) is 1.59. The second kappa shape index (κ2) is 13.2. The molecule has 9 heteroatoms. The third-order valence-corrected chi connectivity index (χ3v) is 8.12. The summed E-state index contributed by atoms with van der Waals surface area (Å²) in [5.41, 5.74) is 0.349. The summed E-state index contributed by atoms with van der Waals surface area (Å²) in [4.78, 5) is 49.5. The van der Waals surface area contributed by atoms with Gasteiger partial charge in [-0.25, -0.2) is 0 Å². The molecule has 0 aromatic heterocycles. The smallest absolute Gasteiger partial charge is 0.261 e. The Morgan fingerprint density at radius 2 is 1.57 bits per heavy atom. The number of hydrogen-bond donors (Lipinski definition) is 5. The van der Waals surface area contributed by atoms with Crippen LogP contribution in [0, 0.1) is 11.8 Å². The molecule has 0 spiro atoms. The summed E-state index contributed by atoms with van der Waals surface area (Å²) >= 11 is 0. The van der Waals surface area contributed by atoms with Crippen molar-refractivity contribution in [3.63, 3.8) is 0 Å². The molecule has 2 unspecified atom stereocenters. The van der Waals surface area contributed by atoms with Gasteiger partial charge in [0.1, 0.15) is 6.61 Å². The van der Waals surface area contributed by atoms with Crippen LogP contribution in [0.2, 0.25) is 0 Å². The summed E-state index contributed by atoms with van der Waals surface area (Å²) < 4.78 is 0. The van der Waals surface area contributed by atoms with Gasteiger partial charge in [0.25, 0.3) is 5.91 Å². The van der Waals surface area contributed by atoms with Gasteiger partial charge in [-0.3, -0.25) is 19.2 Å². The van der Waals surface area contributed by atoms with Crippen LogP contribution in [0.3, 0.4) is 0 Å². The lowest BCUT2D eigenvalue weighted by Gasteiger charge is -2.25. The molecule has 2 aromatic carbocycles. The minimum atomic E-state index is -1.96. The van der Waals surface area contributed by atoms with Gasteiger partial charge in [0.2, 0.25) is 11.8 Å². The molecular weight excluding hydrogens is 510 g/mol. The van der Waals surface area contributed by atoms with Gasteiger partial charge in [0, 0.05) is 23.6 Å². The Morgan fingerprint density at radius 1 is 0.975 bits per heavy atom. The third-order valence-electron chi connectivity index (χ3n) is 8.12. The highest BCUT2D eigenvalue weighted by Crippen LogP contribution is 2.47. The van der Waals surface area contributed by atoms with E-state index in [0.717, 1.165) is 17.0 Å². The molecule has 5 N–H and O–H groups in total. The van der Waals surface area contributed by atoms with Gasteiger partial charge in [-0.05, 0) is 29.9 Å². The highest BCUT2D eigenvalue weighted by Gasteiger charge is 2.47. The number of carbonyl (C=O) groups is 4. The van der Waals surface area contributed by atoms with Crippen LogP contribution >= 0.6 is 0 Å².